The molecular formula is C12H14BrNO3S. The van der Waals surface area contributed by atoms with Crippen LogP contribution < -0.4 is 5.32 Å². The lowest BCUT2D eigenvalue weighted by molar-refractivity contribution is -0.113. The van der Waals surface area contributed by atoms with Crippen LogP contribution in [0.5, 0.6) is 0 Å². The number of thioether (sulfide) groups is 1. The number of halogens is 1. The molecule has 0 heterocycles. The maximum atomic E-state index is 11.6. The first-order valence-corrected chi connectivity index (χ1v) is 7.18. The zero-order valence-corrected chi connectivity index (χ0v) is 12.5. The zero-order valence-electron chi connectivity index (χ0n) is 10.1. The fourth-order valence-corrected chi connectivity index (χ4v) is 2.18. The number of amides is 1. The second-order valence-corrected chi connectivity index (χ2v) is 6.33. The van der Waals surface area contributed by atoms with E-state index in [1.54, 1.807) is 12.1 Å². The molecule has 1 rings (SSSR count). The Hall–Kier alpha value is -1.01. The molecule has 0 unspecified atom stereocenters. The van der Waals surface area contributed by atoms with Crippen molar-refractivity contribution < 1.29 is 14.7 Å². The first-order valence-electron chi connectivity index (χ1n) is 5.34. The average Bonchev–Trinajstić information content (AvgIpc) is 2.28. The lowest BCUT2D eigenvalue weighted by atomic mass is 10.2. The molecule has 18 heavy (non-hydrogen) atoms. The number of aromatic carboxylic acids is 1. The third-order valence-corrected chi connectivity index (χ3v) is 3.82. The SMILES string of the molecule is CC(C)SCC(=O)Nc1ccc(Br)c(C(=O)O)c1. The third-order valence-electron chi connectivity index (χ3n) is 2.03. The number of benzene rings is 1. The molecule has 4 nitrogen and oxygen atoms in total. The van der Waals surface area contributed by atoms with Gasteiger partial charge in [0.25, 0.3) is 0 Å². The molecule has 0 aliphatic carbocycles. The number of hydrogen-bond donors (Lipinski definition) is 2. The summed E-state index contributed by atoms with van der Waals surface area (Å²) in [6.07, 6.45) is 0. The van der Waals surface area contributed by atoms with Crippen molar-refractivity contribution >= 4 is 45.3 Å². The molecule has 1 aromatic rings. The highest BCUT2D eigenvalue weighted by molar-refractivity contribution is 9.10. The van der Waals surface area contributed by atoms with Crippen molar-refractivity contribution in [3.63, 3.8) is 0 Å². The molecule has 98 valence electrons. The van der Waals surface area contributed by atoms with Gasteiger partial charge in [0.15, 0.2) is 0 Å². The van der Waals surface area contributed by atoms with Crippen molar-refractivity contribution in [2.24, 2.45) is 0 Å². The van der Waals surface area contributed by atoms with Gasteiger partial charge >= 0.3 is 5.97 Å². The van der Waals surface area contributed by atoms with Crippen LogP contribution in [0, 0.1) is 0 Å². The average molecular weight is 332 g/mol. The van der Waals surface area contributed by atoms with E-state index in [0.29, 0.717) is 21.2 Å². The van der Waals surface area contributed by atoms with Crippen LogP contribution in [0.25, 0.3) is 0 Å². The van der Waals surface area contributed by atoms with Crippen LogP contribution in [0.4, 0.5) is 5.69 Å². The van der Waals surface area contributed by atoms with E-state index in [-0.39, 0.29) is 11.5 Å². The van der Waals surface area contributed by atoms with Crippen LogP contribution in [-0.4, -0.2) is 28.0 Å². The minimum absolute atomic E-state index is 0.129. The summed E-state index contributed by atoms with van der Waals surface area (Å²) < 4.78 is 0.490. The van der Waals surface area contributed by atoms with Crippen molar-refractivity contribution in [1.82, 2.24) is 0 Å². The van der Waals surface area contributed by atoms with Gasteiger partial charge in [-0.25, -0.2) is 4.79 Å². The van der Waals surface area contributed by atoms with E-state index in [1.807, 2.05) is 13.8 Å². The maximum absolute atomic E-state index is 11.6. The van der Waals surface area contributed by atoms with E-state index in [2.05, 4.69) is 21.2 Å². The topological polar surface area (TPSA) is 66.4 Å². The minimum atomic E-state index is -1.03. The molecule has 6 heteroatoms. The van der Waals surface area contributed by atoms with Gasteiger partial charge in [0.1, 0.15) is 0 Å². The molecule has 0 radical (unpaired) electrons. The molecule has 0 aromatic heterocycles. The van der Waals surface area contributed by atoms with Gasteiger partial charge in [0.05, 0.1) is 11.3 Å². The number of carbonyl (C=O) groups is 2. The van der Waals surface area contributed by atoms with Crippen LogP contribution in [0.15, 0.2) is 22.7 Å². The Labute approximate surface area is 118 Å². The van der Waals surface area contributed by atoms with Gasteiger partial charge in [0.2, 0.25) is 5.91 Å². The van der Waals surface area contributed by atoms with Crippen molar-refractivity contribution in [3.05, 3.63) is 28.2 Å². The summed E-state index contributed by atoms with van der Waals surface area (Å²) in [5, 5.41) is 12.0. The van der Waals surface area contributed by atoms with Gasteiger partial charge in [0, 0.05) is 10.2 Å². The van der Waals surface area contributed by atoms with E-state index in [9.17, 15) is 9.59 Å². The van der Waals surface area contributed by atoms with Crippen LogP contribution >= 0.6 is 27.7 Å². The molecule has 1 aromatic carbocycles. The van der Waals surface area contributed by atoms with E-state index >= 15 is 0 Å². The standard InChI is InChI=1S/C12H14BrNO3S/c1-7(2)18-6-11(15)14-8-3-4-10(13)9(5-8)12(16)17/h3-5,7H,6H2,1-2H3,(H,14,15)(H,16,17). The Morgan fingerprint density at radius 2 is 2.11 bits per heavy atom. The quantitative estimate of drug-likeness (QED) is 0.869. The summed E-state index contributed by atoms with van der Waals surface area (Å²) in [5.74, 6) is -0.808. The van der Waals surface area contributed by atoms with E-state index in [0.717, 1.165) is 0 Å². The lowest BCUT2D eigenvalue weighted by Crippen LogP contribution is -2.15. The van der Waals surface area contributed by atoms with Gasteiger partial charge < -0.3 is 10.4 Å². The summed E-state index contributed by atoms with van der Waals surface area (Å²) in [7, 11) is 0. The number of rotatable bonds is 5. The molecule has 0 fully saturated rings. The predicted octanol–water partition coefficient (Wildman–Crippen LogP) is 3.23. The summed E-state index contributed by atoms with van der Waals surface area (Å²) in [4.78, 5) is 22.5. The zero-order chi connectivity index (χ0) is 13.7. The summed E-state index contributed by atoms with van der Waals surface area (Å²) in [6.45, 7) is 4.03. The highest BCUT2D eigenvalue weighted by Crippen LogP contribution is 2.21. The number of carboxylic acids is 1. The van der Waals surface area contributed by atoms with Gasteiger partial charge in [-0.1, -0.05) is 13.8 Å². The maximum Gasteiger partial charge on any atom is 0.336 e. The molecule has 2 N–H and O–H groups in total. The first kappa shape index (κ1) is 15.0. The van der Waals surface area contributed by atoms with Crippen molar-refractivity contribution in [1.29, 1.82) is 0 Å². The predicted molar refractivity (Wildman–Crippen MR) is 77.3 cm³/mol. The monoisotopic (exact) mass is 331 g/mol. The fourth-order valence-electron chi connectivity index (χ4n) is 1.21. The minimum Gasteiger partial charge on any atom is -0.478 e. The van der Waals surface area contributed by atoms with E-state index in [1.165, 1.54) is 17.8 Å². The van der Waals surface area contributed by atoms with Gasteiger partial charge in [-0.3, -0.25) is 4.79 Å². The second-order valence-electron chi connectivity index (χ2n) is 3.91. The normalized spacial score (nSPS) is 10.4. The highest BCUT2D eigenvalue weighted by atomic mass is 79.9. The Morgan fingerprint density at radius 1 is 1.44 bits per heavy atom. The summed E-state index contributed by atoms with van der Waals surface area (Å²) in [6, 6.07) is 4.70. The second kappa shape index (κ2) is 6.80. The Balaban J connectivity index is 2.70. The first-order chi connectivity index (χ1) is 8.40. The molecular weight excluding hydrogens is 318 g/mol. The number of nitrogens with one attached hydrogen (secondary N) is 1. The van der Waals surface area contributed by atoms with Crippen molar-refractivity contribution in [2.45, 2.75) is 19.1 Å². The molecule has 0 saturated heterocycles. The Kier molecular flexibility index (Phi) is 5.68. The number of anilines is 1. The number of carboxylic acid groups (broad SMARTS) is 1. The summed E-state index contributed by atoms with van der Waals surface area (Å²) >= 11 is 4.68. The highest BCUT2D eigenvalue weighted by Gasteiger charge is 2.10. The van der Waals surface area contributed by atoms with E-state index in [4.69, 9.17) is 5.11 Å². The molecule has 0 spiro atoms. The molecule has 0 atom stereocenters. The molecule has 1 amide bonds. The number of carbonyl (C=O) groups excluding carboxylic acids is 1. The Morgan fingerprint density at radius 3 is 2.67 bits per heavy atom. The van der Waals surface area contributed by atoms with Crippen LogP contribution in [-0.2, 0) is 4.79 Å². The third kappa shape index (κ3) is 4.70. The lowest BCUT2D eigenvalue weighted by Gasteiger charge is -2.08. The van der Waals surface area contributed by atoms with Crippen molar-refractivity contribution in [2.75, 3.05) is 11.1 Å². The smallest absolute Gasteiger partial charge is 0.336 e. The van der Waals surface area contributed by atoms with E-state index < -0.39 is 5.97 Å². The van der Waals surface area contributed by atoms with Gasteiger partial charge in [-0.15, -0.1) is 11.8 Å². The summed E-state index contributed by atoms with van der Waals surface area (Å²) in [5.41, 5.74) is 0.620. The molecule has 0 bridgehead atoms. The van der Waals surface area contributed by atoms with Gasteiger partial charge in [-0.05, 0) is 39.4 Å². The molecule has 0 aliphatic rings. The van der Waals surface area contributed by atoms with Crippen LogP contribution in [0.2, 0.25) is 0 Å². The van der Waals surface area contributed by atoms with Crippen molar-refractivity contribution in [3.8, 4) is 0 Å². The largest absolute Gasteiger partial charge is 0.478 e. The molecule has 0 saturated carbocycles. The van der Waals surface area contributed by atoms with Crippen LogP contribution in [0.1, 0.15) is 24.2 Å². The Bertz CT molecular complexity index is 463. The van der Waals surface area contributed by atoms with Crippen LogP contribution in [0.3, 0.4) is 0 Å². The van der Waals surface area contributed by atoms with Gasteiger partial charge in [-0.2, -0.15) is 0 Å². The number of hydrogen-bond acceptors (Lipinski definition) is 3. The molecule has 0 aliphatic heterocycles. The fraction of sp³-hybridized carbons (Fsp3) is 0.333.